The predicted octanol–water partition coefficient (Wildman–Crippen LogP) is 4.22. The lowest BCUT2D eigenvalue weighted by Crippen LogP contribution is -2.22. The van der Waals surface area contributed by atoms with Crippen molar-refractivity contribution in [1.82, 2.24) is 0 Å². The van der Waals surface area contributed by atoms with Gasteiger partial charge in [0.2, 0.25) is 6.29 Å². The summed E-state index contributed by atoms with van der Waals surface area (Å²) in [5.74, 6) is -0.355. The highest BCUT2D eigenvalue weighted by Gasteiger charge is 2.14. The maximum Gasteiger partial charge on any atom is 0.335 e. The van der Waals surface area contributed by atoms with Crippen molar-refractivity contribution in [2.24, 2.45) is 0 Å². The maximum absolute atomic E-state index is 11.5. The van der Waals surface area contributed by atoms with Crippen molar-refractivity contribution in [3.63, 3.8) is 0 Å². The Morgan fingerprint density at radius 1 is 1.11 bits per heavy atom. The van der Waals surface area contributed by atoms with Gasteiger partial charge in [-0.15, -0.1) is 0 Å². The van der Waals surface area contributed by atoms with Gasteiger partial charge in [-0.25, -0.2) is 4.79 Å². The van der Waals surface area contributed by atoms with Crippen LogP contribution in [0.5, 0.6) is 0 Å². The number of ether oxygens (including phenoxy) is 2. The summed E-state index contributed by atoms with van der Waals surface area (Å²) in [7, 11) is 0. The first-order valence-electron chi connectivity index (χ1n) is 7.09. The number of rotatable bonds is 11. The fourth-order valence-electron chi connectivity index (χ4n) is 1.49. The molecule has 0 aromatic carbocycles. The lowest BCUT2D eigenvalue weighted by molar-refractivity contribution is -0.176. The highest BCUT2D eigenvalue weighted by molar-refractivity contribution is 5.86. The first kappa shape index (κ1) is 17.2. The summed E-state index contributed by atoms with van der Waals surface area (Å²) in [4.78, 5) is 11.5. The maximum atomic E-state index is 11.5. The lowest BCUT2D eigenvalue weighted by atomic mass is 10.1. The van der Waals surface area contributed by atoms with E-state index in [2.05, 4.69) is 20.4 Å². The highest BCUT2D eigenvalue weighted by atomic mass is 16.7. The molecule has 1 atom stereocenters. The molecule has 0 radical (unpaired) electrons. The van der Waals surface area contributed by atoms with E-state index < -0.39 is 6.29 Å². The molecule has 106 valence electrons. The summed E-state index contributed by atoms with van der Waals surface area (Å²) < 4.78 is 10.9. The zero-order valence-electron chi connectivity index (χ0n) is 12.2. The normalized spacial score (nSPS) is 12.2. The average Bonchev–Trinajstić information content (AvgIpc) is 2.34. The van der Waals surface area contributed by atoms with Crippen molar-refractivity contribution in [3.8, 4) is 0 Å². The first-order valence-corrected chi connectivity index (χ1v) is 7.09. The van der Waals surface area contributed by atoms with Gasteiger partial charge in [0.25, 0.3) is 0 Å². The van der Waals surface area contributed by atoms with Crippen molar-refractivity contribution >= 4 is 5.97 Å². The van der Waals surface area contributed by atoms with E-state index in [9.17, 15) is 4.79 Å². The van der Waals surface area contributed by atoms with Crippen molar-refractivity contribution in [2.45, 2.75) is 72.0 Å². The van der Waals surface area contributed by atoms with Gasteiger partial charge < -0.3 is 9.47 Å². The second-order valence-electron chi connectivity index (χ2n) is 4.69. The Bertz CT molecular complexity index is 236. The molecule has 0 aliphatic heterocycles. The molecular formula is C15H28O3. The Kier molecular flexibility index (Phi) is 10.8. The molecule has 0 aliphatic rings. The summed E-state index contributed by atoms with van der Waals surface area (Å²) in [5.41, 5.74) is 0.424. The molecule has 0 aliphatic carbocycles. The van der Waals surface area contributed by atoms with Crippen LogP contribution < -0.4 is 0 Å². The van der Waals surface area contributed by atoms with Gasteiger partial charge in [-0.3, -0.25) is 0 Å². The van der Waals surface area contributed by atoms with Crippen LogP contribution >= 0.6 is 0 Å². The monoisotopic (exact) mass is 256 g/mol. The van der Waals surface area contributed by atoms with Crippen molar-refractivity contribution in [1.29, 1.82) is 0 Å². The van der Waals surface area contributed by atoms with Gasteiger partial charge in [0.1, 0.15) is 0 Å². The van der Waals surface area contributed by atoms with E-state index >= 15 is 0 Å². The molecule has 0 spiro atoms. The van der Waals surface area contributed by atoms with Crippen LogP contribution in [0.3, 0.4) is 0 Å². The predicted molar refractivity (Wildman–Crippen MR) is 74.3 cm³/mol. The number of unbranched alkanes of at least 4 members (excludes halogenated alkanes) is 4. The van der Waals surface area contributed by atoms with E-state index in [1.165, 1.54) is 12.8 Å². The Balaban J connectivity index is 3.98. The van der Waals surface area contributed by atoms with Crippen molar-refractivity contribution < 1.29 is 14.3 Å². The standard InChI is InChI=1S/C15H28O3/c1-5-7-9-10-11-14(17-12-8-6-2)18-15(16)13(3)4/h14H,3,5-12H2,1-2,4H3. The Morgan fingerprint density at radius 2 is 1.78 bits per heavy atom. The third-order valence-electron chi connectivity index (χ3n) is 2.68. The van der Waals surface area contributed by atoms with E-state index in [-0.39, 0.29) is 5.97 Å². The molecule has 0 N–H and O–H groups in total. The van der Waals surface area contributed by atoms with Crippen LogP contribution in [0.25, 0.3) is 0 Å². The number of esters is 1. The highest BCUT2D eigenvalue weighted by Crippen LogP contribution is 2.12. The van der Waals surface area contributed by atoms with E-state index in [1.54, 1.807) is 6.92 Å². The zero-order valence-corrected chi connectivity index (χ0v) is 12.2. The van der Waals surface area contributed by atoms with Crippen LogP contribution in [-0.2, 0) is 14.3 Å². The van der Waals surface area contributed by atoms with Gasteiger partial charge >= 0.3 is 5.97 Å². The minimum atomic E-state index is -0.405. The van der Waals surface area contributed by atoms with Crippen molar-refractivity contribution in [3.05, 3.63) is 12.2 Å². The van der Waals surface area contributed by atoms with Crippen LogP contribution in [0, 0.1) is 0 Å². The van der Waals surface area contributed by atoms with Gasteiger partial charge in [-0.05, 0) is 19.8 Å². The minimum absolute atomic E-state index is 0.355. The number of hydrogen-bond acceptors (Lipinski definition) is 3. The number of carbonyl (C=O) groups is 1. The average molecular weight is 256 g/mol. The number of carbonyl (C=O) groups excluding carboxylic acids is 1. The van der Waals surface area contributed by atoms with Crippen LogP contribution in [-0.4, -0.2) is 18.9 Å². The van der Waals surface area contributed by atoms with Crippen LogP contribution in [0.1, 0.15) is 65.7 Å². The fraction of sp³-hybridized carbons (Fsp3) is 0.800. The molecule has 0 fully saturated rings. The Morgan fingerprint density at radius 3 is 2.33 bits per heavy atom. The fourth-order valence-corrected chi connectivity index (χ4v) is 1.49. The summed E-state index contributed by atoms with van der Waals surface area (Å²) in [5, 5.41) is 0. The molecule has 0 bridgehead atoms. The molecule has 1 unspecified atom stereocenters. The molecule has 0 amide bonds. The summed E-state index contributed by atoms with van der Waals surface area (Å²) in [6.45, 7) is 10.2. The lowest BCUT2D eigenvalue weighted by Gasteiger charge is -2.18. The number of hydrogen-bond donors (Lipinski definition) is 0. The minimum Gasteiger partial charge on any atom is -0.432 e. The zero-order chi connectivity index (χ0) is 13.8. The largest absolute Gasteiger partial charge is 0.432 e. The van der Waals surface area contributed by atoms with Gasteiger partial charge in [0.15, 0.2) is 0 Å². The Hall–Kier alpha value is -0.830. The molecule has 0 aromatic rings. The van der Waals surface area contributed by atoms with E-state index in [4.69, 9.17) is 9.47 Å². The molecule has 18 heavy (non-hydrogen) atoms. The molecule has 0 saturated heterocycles. The van der Waals surface area contributed by atoms with Gasteiger partial charge in [0.05, 0.1) is 6.61 Å². The summed E-state index contributed by atoms with van der Waals surface area (Å²) in [6, 6.07) is 0. The van der Waals surface area contributed by atoms with Crippen LogP contribution in [0.15, 0.2) is 12.2 Å². The van der Waals surface area contributed by atoms with E-state index in [0.29, 0.717) is 12.2 Å². The summed E-state index contributed by atoms with van der Waals surface area (Å²) in [6.07, 6.45) is 7.07. The molecule has 3 nitrogen and oxygen atoms in total. The molecule has 0 heterocycles. The first-order chi connectivity index (χ1) is 8.61. The van der Waals surface area contributed by atoms with Gasteiger partial charge in [-0.1, -0.05) is 46.1 Å². The third-order valence-corrected chi connectivity index (χ3v) is 2.68. The molecule has 0 aromatic heterocycles. The Labute approximate surface area is 112 Å². The molecule has 3 heteroatoms. The SMILES string of the molecule is C=C(C)C(=O)OC(CCCCCC)OCCCC. The third kappa shape index (κ3) is 9.23. The second kappa shape index (κ2) is 11.3. The van der Waals surface area contributed by atoms with E-state index in [0.717, 1.165) is 32.1 Å². The molecule has 0 saturated carbocycles. The van der Waals surface area contributed by atoms with Crippen molar-refractivity contribution in [2.75, 3.05) is 6.61 Å². The van der Waals surface area contributed by atoms with E-state index in [1.807, 2.05) is 0 Å². The molecular weight excluding hydrogens is 228 g/mol. The quantitative estimate of drug-likeness (QED) is 0.240. The van der Waals surface area contributed by atoms with Gasteiger partial charge in [0, 0.05) is 12.0 Å². The summed E-state index contributed by atoms with van der Waals surface area (Å²) >= 11 is 0. The van der Waals surface area contributed by atoms with Crippen LogP contribution in [0.4, 0.5) is 0 Å². The van der Waals surface area contributed by atoms with Crippen LogP contribution in [0.2, 0.25) is 0 Å². The second-order valence-corrected chi connectivity index (χ2v) is 4.69. The smallest absolute Gasteiger partial charge is 0.335 e. The topological polar surface area (TPSA) is 35.5 Å². The molecule has 0 rings (SSSR count). The van der Waals surface area contributed by atoms with Gasteiger partial charge in [-0.2, -0.15) is 0 Å².